The van der Waals surface area contributed by atoms with E-state index in [2.05, 4.69) is 15.0 Å². The zero-order valence-electron chi connectivity index (χ0n) is 8.07. The Bertz CT molecular complexity index is 539. The second-order valence-corrected chi connectivity index (χ2v) is 3.15. The Balaban J connectivity index is 2.46. The molecule has 76 valence electrons. The number of hydrogen-bond acceptors (Lipinski definition) is 3. The van der Waals surface area contributed by atoms with Gasteiger partial charge in [0.05, 0.1) is 0 Å². The minimum Gasteiger partial charge on any atom is -0.310 e. The van der Waals surface area contributed by atoms with Crippen LogP contribution in [-0.2, 0) is 0 Å². The van der Waals surface area contributed by atoms with Crippen LogP contribution in [0.15, 0.2) is 29.3 Å². The van der Waals surface area contributed by atoms with Crippen LogP contribution < -0.4 is 5.69 Å². The molecular formula is C10H9N3O2. The van der Waals surface area contributed by atoms with Crippen molar-refractivity contribution in [3.63, 3.8) is 0 Å². The van der Waals surface area contributed by atoms with Gasteiger partial charge in [0.2, 0.25) is 5.78 Å². The maximum Gasteiger partial charge on any atom is 0.323 e. The Morgan fingerprint density at radius 2 is 2.20 bits per heavy atom. The minimum absolute atomic E-state index is 0.237. The molecular weight excluding hydrogens is 194 g/mol. The molecule has 0 atom stereocenters. The zero-order chi connectivity index (χ0) is 10.8. The summed E-state index contributed by atoms with van der Waals surface area (Å²) >= 11 is 0. The Hall–Kier alpha value is -2.17. The summed E-state index contributed by atoms with van der Waals surface area (Å²) in [6, 6.07) is 3.33. The van der Waals surface area contributed by atoms with E-state index >= 15 is 0 Å². The van der Waals surface area contributed by atoms with Gasteiger partial charge in [-0.2, -0.15) is 0 Å². The van der Waals surface area contributed by atoms with Gasteiger partial charge >= 0.3 is 5.69 Å². The number of aromatic nitrogens is 3. The largest absolute Gasteiger partial charge is 0.323 e. The van der Waals surface area contributed by atoms with Gasteiger partial charge in [-0.05, 0) is 19.1 Å². The van der Waals surface area contributed by atoms with Gasteiger partial charge < -0.3 is 9.97 Å². The Morgan fingerprint density at radius 1 is 1.40 bits per heavy atom. The molecule has 2 rings (SSSR count). The molecule has 15 heavy (non-hydrogen) atoms. The summed E-state index contributed by atoms with van der Waals surface area (Å²) in [7, 11) is 0. The molecule has 5 nitrogen and oxygen atoms in total. The molecule has 0 aromatic carbocycles. The molecule has 0 unspecified atom stereocenters. The van der Waals surface area contributed by atoms with E-state index in [4.69, 9.17) is 0 Å². The van der Waals surface area contributed by atoms with Crippen molar-refractivity contribution in [1.82, 2.24) is 15.0 Å². The summed E-state index contributed by atoms with van der Waals surface area (Å²) in [5, 5.41) is 0. The van der Waals surface area contributed by atoms with E-state index in [0.29, 0.717) is 11.3 Å². The number of hydrogen-bond donors (Lipinski definition) is 2. The maximum absolute atomic E-state index is 11.9. The van der Waals surface area contributed by atoms with Crippen molar-refractivity contribution >= 4 is 5.78 Å². The number of aromatic amines is 2. The van der Waals surface area contributed by atoms with Crippen molar-refractivity contribution in [2.24, 2.45) is 0 Å². The molecule has 0 radical (unpaired) electrons. The van der Waals surface area contributed by atoms with Crippen molar-refractivity contribution in [1.29, 1.82) is 0 Å². The standard InChI is InChI=1S/C10H9N3O2/c1-6-8(13-10(15)12-6)9(14)7-3-2-4-11-5-7/h2-5H,1H3,(H2,12,13,15). The van der Waals surface area contributed by atoms with Crippen LogP contribution >= 0.6 is 0 Å². The normalized spacial score (nSPS) is 10.2. The Morgan fingerprint density at radius 3 is 2.73 bits per heavy atom. The molecule has 2 N–H and O–H groups in total. The Labute approximate surface area is 85.2 Å². The lowest BCUT2D eigenvalue weighted by molar-refractivity contribution is 0.103. The summed E-state index contributed by atoms with van der Waals surface area (Å²) < 4.78 is 0. The fourth-order valence-electron chi connectivity index (χ4n) is 1.34. The van der Waals surface area contributed by atoms with Crippen LogP contribution in [0.2, 0.25) is 0 Å². The van der Waals surface area contributed by atoms with Gasteiger partial charge in [0, 0.05) is 23.7 Å². The molecule has 2 heterocycles. The van der Waals surface area contributed by atoms with Crippen LogP contribution in [0, 0.1) is 6.92 Å². The number of carbonyl (C=O) groups excluding carboxylic acids is 1. The van der Waals surface area contributed by atoms with Crippen molar-refractivity contribution in [2.45, 2.75) is 6.92 Å². The minimum atomic E-state index is -0.375. The number of H-pyrrole nitrogens is 2. The lowest BCUT2D eigenvalue weighted by Crippen LogP contribution is -2.06. The fourth-order valence-corrected chi connectivity index (χ4v) is 1.34. The predicted octanol–water partition coefficient (Wildman–Crippen LogP) is 0.637. The van der Waals surface area contributed by atoms with Crippen molar-refractivity contribution in [3.8, 4) is 0 Å². The number of aryl methyl sites for hydroxylation is 1. The van der Waals surface area contributed by atoms with E-state index in [9.17, 15) is 9.59 Å². The lowest BCUT2D eigenvalue weighted by Gasteiger charge is -1.97. The number of nitrogens with one attached hydrogen (secondary N) is 2. The highest BCUT2D eigenvalue weighted by atomic mass is 16.1. The predicted molar refractivity (Wildman–Crippen MR) is 53.8 cm³/mol. The third-order valence-electron chi connectivity index (χ3n) is 2.07. The molecule has 0 amide bonds. The van der Waals surface area contributed by atoms with Crippen molar-refractivity contribution < 1.29 is 4.79 Å². The SMILES string of the molecule is Cc1[nH]c(=O)[nH]c1C(=O)c1cccnc1. The topological polar surface area (TPSA) is 78.6 Å². The Kier molecular flexibility index (Phi) is 2.21. The zero-order valence-corrected chi connectivity index (χ0v) is 8.07. The summed E-state index contributed by atoms with van der Waals surface area (Å²) in [4.78, 5) is 31.6. The third-order valence-corrected chi connectivity index (χ3v) is 2.07. The molecule has 0 bridgehead atoms. The second-order valence-electron chi connectivity index (χ2n) is 3.15. The van der Waals surface area contributed by atoms with Crippen LogP contribution in [0.25, 0.3) is 0 Å². The summed E-state index contributed by atoms with van der Waals surface area (Å²) in [6.07, 6.45) is 3.05. The second kappa shape index (κ2) is 3.53. The van der Waals surface area contributed by atoms with Crippen LogP contribution in [0.3, 0.4) is 0 Å². The van der Waals surface area contributed by atoms with Gasteiger partial charge in [0.15, 0.2) is 0 Å². The van der Waals surface area contributed by atoms with E-state index in [1.165, 1.54) is 6.20 Å². The number of ketones is 1. The molecule has 2 aromatic heterocycles. The highest BCUT2D eigenvalue weighted by molar-refractivity contribution is 6.08. The maximum atomic E-state index is 11.9. The summed E-state index contributed by atoms with van der Waals surface area (Å²) in [5.41, 5.74) is 0.900. The molecule has 0 saturated heterocycles. The molecule has 2 aromatic rings. The van der Waals surface area contributed by atoms with Crippen LogP contribution in [-0.4, -0.2) is 20.7 Å². The molecule has 0 spiro atoms. The van der Waals surface area contributed by atoms with Gasteiger partial charge in [-0.15, -0.1) is 0 Å². The molecule has 5 heteroatoms. The first-order valence-electron chi connectivity index (χ1n) is 4.42. The summed E-state index contributed by atoms with van der Waals surface area (Å²) in [6.45, 7) is 1.67. The van der Waals surface area contributed by atoms with E-state index in [1.54, 1.807) is 25.3 Å². The quantitative estimate of drug-likeness (QED) is 0.703. The average molecular weight is 203 g/mol. The number of rotatable bonds is 2. The first kappa shape index (κ1) is 9.39. The number of nitrogens with zero attached hydrogens (tertiary/aromatic N) is 1. The summed E-state index contributed by atoms with van der Waals surface area (Å²) in [5.74, 6) is -0.237. The molecule has 0 aliphatic carbocycles. The van der Waals surface area contributed by atoms with Crippen LogP contribution in [0.1, 0.15) is 21.7 Å². The van der Waals surface area contributed by atoms with E-state index in [0.717, 1.165) is 0 Å². The van der Waals surface area contributed by atoms with Gasteiger partial charge in [-0.3, -0.25) is 9.78 Å². The first-order chi connectivity index (χ1) is 7.18. The monoisotopic (exact) mass is 203 g/mol. The van der Waals surface area contributed by atoms with Crippen LogP contribution in [0.4, 0.5) is 0 Å². The van der Waals surface area contributed by atoms with E-state index < -0.39 is 0 Å². The lowest BCUT2D eigenvalue weighted by atomic mass is 10.1. The van der Waals surface area contributed by atoms with Gasteiger partial charge in [0.1, 0.15) is 5.69 Å². The third kappa shape index (κ3) is 1.71. The number of carbonyl (C=O) groups is 1. The van der Waals surface area contributed by atoms with Gasteiger partial charge in [0.25, 0.3) is 0 Å². The molecule has 0 fully saturated rings. The fraction of sp³-hybridized carbons (Fsp3) is 0.100. The van der Waals surface area contributed by atoms with Gasteiger partial charge in [-0.1, -0.05) is 0 Å². The van der Waals surface area contributed by atoms with E-state index in [1.807, 2.05) is 0 Å². The van der Waals surface area contributed by atoms with Crippen LogP contribution in [0.5, 0.6) is 0 Å². The highest BCUT2D eigenvalue weighted by Gasteiger charge is 2.14. The first-order valence-corrected chi connectivity index (χ1v) is 4.42. The van der Waals surface area contributed by atoms with E-state index in [-0.39, 0.29) is 17.2 Å². The highest BCUT2D eigenvalue weighted by Crippen LogP contribution is 2.07. The van der Waals surface area contributed by atoms with Gasteiger partial charge in [-0.25, -0.2) is 4.79 Å². The molecule has 0 aliphatic rings. The number of pyridine rings is 1. The smallest absolute Gasteiger partial charge is 0.310 e. The number of imidazole rings is 1. The van der Waals surface area contributed by atoms with Crippen molar-refractivity contribution in [3.05, 3.63) is 52.0 Å². The average Bonchev–Trinajstić information content (AvgIpc) is 2.58. The molecule has 0 saturated carbocycles. The molecule has 0 aliphatic heterocycles. The van der Waals surface area contributed by atoms with Crippen molar-refractivity contribution in [2.75, 3.05) is 0 Å².